The fourth-order valence-electron chi connectivity index (χ4n) is 2.33. The van der Waals surface area contributed by atoms with Gasteiger partial charge in [0.15, 0.2) is 0 Å². The van der Waals surface area contributed by atoms with Crippen LogP contribution in [0.5, 0.6) is 0 Å². The Morgan fingerprint density at radius 2 is 2.24 bits per heavy atom. The maximum absolute atomic E-state index is 4.60. The van der Waals surface area contributed by atoms with Crippen LogP contribution in [0.4, 0.5) is 11.6 Å². The van der Waals surface area contributed by atoms with Crippen LogP contribution in [0.15, 0.2) is 18.2 Å². The highest BCUT2D eigenvalue weighted by molar-refractivity contribution is 5.47. The number of aromatic nitrogens is 1. The van der Waals surface area contributed by atoms with Gasteiger partial charge in [-0.25, -0.2) is 4.98 Å². The maximum atomic E-state index is 4.60. The fourth-order valence-corrected chi connectivity index (χ4v) is 2.33. The summed E-state index contributed by atoms with van der Waals surface area (Å²) in [6.45, 7) is 5.51. The van der Waals surface area contributed by atoms with Crippen molar-refractivity contribution < 1.29 is 0 Å². The number of hydrogen-bond acceptors (Lipinski definition) is 4. The van der Waals surface area contributed by atoms with Gasteiger partial charge in [0.1, 0.15) is 11.6 Å². The summed E-state index contributed by atoms with van der Waals surface area (Å²) in [5, 5.41) is 3.09. The van der Waals surface area contributed by atoms with Crippen molar-refractivity contribution in [1.82, 2.24) is 9.88 Å². The molecule has 0 saturated carbocycles. The Morgan fingerprint density at radius 1 is 1.41 bits per heavy atom. The van der Waals surface area contributed by atoms with E-state index in [4.69, 9.17) is 0 Å². The zero-order valence-corrected chi connectivity index (χ0v) is 11.0. The van der Waals surface area contributed by atoms with Gasteiger partial charge in [-0.05, 0) is 25.6 Å². The molecule has 1 saturated heterocycles. The van der Waals surface area contributed by atoms with Crippen molar-refractivity contribution in [2.75, 3.05) is 43.9 Å². The third-order valence-electron chi connectivity index (χ3n) is 3.56. The van der Waals surface area contributed by atoms with Gasteiger partial charge in [-0.15, -0.1) is 0 Å². The predicted molar refractivity (Wildman–Crippen MR) is 72.7 cm³/mol. The minimum atomic E-state index is 0.642. The zero-order chi connectivity index (χ0) is 12.3. The summed E-state index contributed by atoms with van der Waals surface area (Å²) in [7, 11) is 4.12. The third-order valence-corrected chi connectivity index (χ3v) is 3.56. The number of nitrogens with one attached hydrogen (secondary N) is 1. The minimum Gasteiger partial charge on any atom is -0.373 e. The Bertz CT molecular complexity index is 366. The van der Waals surface area contributed by atoms with Crippen LogP contribution in [0.2, 0.25) is 0 Å². The van der Waals surface area contributed by atoms with Crippen molar-refractivity contribution >= 4 is 11.6 Å². The first-order valence-electron chi connectivity index (χ1n) is 6.34. The molecule has 0 amide bonds. The standard InChI is InChI=1S/C13H22N4/c1-4-11-10-17(9-8-16(11)3)13-7-5-6-12(14-2)15-13/h5-7,11H,4,8-10H2,1-3H3,(H,14,15). The highest BCUT2D eigenvalue weighted by Gasteiger charge is 2.23. The van der Waals surface area contributed by atoms with Crippen molar-refractivity contribution in [3.8, 4) is 0 Å². The number of rotatable bonds is 3. The smallest absolute Gasteiger partial charge is 0.131 e. The molecule has 0 bridgehead atoms. The first-order chi connectivity index (χ1) is 8.24. The Hall–Kier alpha value is -1.29. The van der Waals surface area contributed by atoms with Crippen LogP contribution in [0.3, 0.4) is 0 Å². The van der Waals surface area contributed by atoms with E-state index in [1.54, 1.807) is 0 Å². The number of anilines is 2. The van der Waals surface area contributed by atoms with E-state index in [2.05, 4.69) is 46.2 Å². The van der Waals surface area contributed by atoms with Crippen LogP contribution in [0.1, 0.15) is 13.3 Å². The van der Waals surface area contributed by atoms with Crippen LogP contribution in [0.25, 0.3) is 0 Å². The van der Waals surface area contributed by atoms with Crippen LogP contribution in [-0.4, -0.2) is 49.7 Å². The Kier molecular flexibility index (Phi) is 3.84. The normalized spacial score (nSPS) is 21.6. The van der Waals surface area contributed by atoms with Crippen LogP contribution < -0.4 is 10.2 Å². The van der Waals surface area contributed by atoms with E-state index in [0.717, 1.165) is 31.3 Å². The van der Waals surface area contributed by atoms with Crippen molar-refractivity contribution in [3.63, 3.8) is 0 Å². The molecule has 1 fully saturated rings. The average molecular weight is 234 g/mol. The lowest BCUT2D eigenvalue weighted by molar-refractivity contribution is 0.213. The zero-order valence-electron chi connectivity index (χ0n) is 11.0. The maximum Gasteiger partial charge on any atom is 0.131 e. The van der Waals surface area contributed by atoms with Gasteiger partial charge >= 0.3 is 0 Å². The molecule has 4 nitrogen and oxygen atoms in total. The van der Waals surface area contributed by atoms with E-state index in [1.165, 1.54) is 6.42 Å². The van der Waals surface area contributed by atoms with E-state index in [9.17, 15) is 0 Å². The number of nitrogens with zero attached hydrogens (tertiary/aromatic N) is 3. The summed E-state index contributed by atoms with van der Waals surface area (Å²) >= 11 is 0. The highest BCUT2D eigenvalue weighted by Crippen LogP contribution is 2.19. The molecule has 0 aliphatic carbocycles. The first kappa shape index (κ1) is 12.2. The lowest BCUT2D eigenvalue weighted by Gasteiger charge is -2.39. The summed E-state index contributed by atoms with van der Waals surface area (Å²) in [4.78, 5) is 9.43. The summed E-state index contributed by atoms with van der Waals surface area (Å²) in [6.07, 6.45) is 1.19. The van der Waals surface area contributed by atoms with Crippen LogP contribution >= 0.6 is 0 Å². The fraction of sp³-hybridized carbons (Fsp3) is 0.615. The van der Waals surface area contributed by atoms with Crippen molar-refractivity contribution in [3.05, 3.63) is 18.2 Å². The molecule has 4 heteroatoms. The number of pyridine rings is 1. The van der Waals surface area contributed by atoms with Crippen LogP contribution in [-0.2, 0) is 0 Å². The molecule has 2 heterocycles. The van der Waals surface area contributed by atoms with Gasteiger partial charge in [0.05, 0.1) is 0 Å². The number of hydrogen-bond donors (Lipinski definition) is 1. The molecule has 1 aliphatic heterocycles. The van der Waals surface area contributed by atoms with E-state index in [1.807, 2.05) is 13.1 Å². The molecule has 1 N–H and O–H groups in total. The van der Waals surface area contributed by atoms with Crippen molar-refractivity contribution in [2.45, 2.75) is 19.4 Å². The molecule has 1 unspecified atom stereocenters. The summed E-state index contributed by atoms with van der Waals surface area (Å²) in [6, 6.07) is 6.80. The molecule has 0 aromatic carbocycles. The van der Waals surface area contributed by atoms with E-state index >= 15 is 0 Å². The molecular weight excluding hydrogens is 212 g/mol. The molecule has 94 valence electrons. The minimum absolute atomic E-state index is 0.642. The molecule has 2 rings (SSSR count). The largest absolute Gasteiger partial charge is 0.373 e. The Labute approximate surface area is 104 Å². The number of likely N-dealkylation sites (N-methyl/N-ethyl adjacent to an activating group) is 1. The van der Waals surface area contributed by atoms with Gasteiger partial charge in [-0.2, -0.15) is 0 Å². The SMILES string of the molecule is CCC1CN(c2cccc(NC)n2)CCN1C. The van der Waals surface area contributed by atoms with Crippen LogP contribution in [0, 0.1) is 0 Å². The summed E-state index contributed by atoms with van der Waals surface area (Å²) < 4.78 is 0. The molecule has 1 aromatic heterocycles. The predicted octanol–water partition coefficient (Wildman–Crippen LogP) is 1.65. The Morgan fingerprint density at radius 3 is 2.94 bits per heavy atom. The first-order valence-corrected chi connectivity index (χ1v) is 6.34. The van der Waals surface area contributed by atoms with Gasteiger partial charge in [0.25, 0.3) is 0 Å². The topological polar surface area (TPSA) is 31.4 Å². The summed E-state index contributed by atoms with van der Waals surface area (Å²) in [5.41, 5.74) is 0. The highest BCUT2D eigenvalue weighted by atomic mass is 15.3. The van der Waals surface area contributed by atoms with Crippen molar-refractivity contribution in [2.24, 2.45) is 0 Å². The average Bonchev–Trinajstić information content (AvgIpc) is 2.39. The monoisotopic (exact) mass is 234 g/mol. The molecular formula is C13H22N4. The van der Waals surface area contributed by atoms with Gasteiger partial charge in [-0.3, -0.25) is 4.90 Å². The van der Waals surface area contributed by atoms with E-state index in [0.29, 0.717) is 6.04 Å². The van der Waals surface area contributed by atoms with Gasteiger partial charge in [0, 0.05) is 32.7 Å². The molecule has 1 aliphatic rings. The lowest BCUT2D eigenvalue weighted by atomic mass is 10.1. The van der Waals surface area contributed by atoms with E-state index in [-0.39, 0.29) is 0 Å². The lowest BCUT2D eigenvalue weighted by Crippen LogP contribution is -2.51. The van der Waals surface area contributed by atoms with Gasteiger partial charge < -0.3 is 10.2 Å². The molecule has 1 atom stereocenters. The second-order valence-corrected chi connectivity index (χ2v) is 4.62. The van der Waals surface area contributed by atoms with E-state index < -0.39 is 0 Å². The third kappa shape index (κ3) is 2.69. The molecule has 0 spiro atoms. The van der Waals surface area contributed by atoms with Gasteiger partial charge in [0.2, 0.25) is 0 Å². The molecule has 1 aromatic rings. The quantitative estimate of drug-likeness (QED) is 0.862. The second kappa shape index (κ2) is 5.36. The van der Waals surface area contributed by atoms with Crippen molar-refractivity contribution in [1.29, 1.82) is 0 Å². The number of piperazine rings is 1. The van der Waals surface area contributed by atoms with Gasteiger partial charge in [-0.1, -0.05) is 13.0 Å². The molecule has 0 radical (unpaired) electrons. The molecule has 17 heavy (non-hydrogen) atoms. The Balaban J connectivity index is 2.11. The summed E-state index contributed by atoms with van der Waals surface area (Å²) in [5.74, 6) is 2.03. The second-order valence-electron chi connectivity index (χ2n) is 4.62.